The Hall–Kier alpha value is -2.28. The second-order valence-electron chi connectivity index (χ2n) is 5.94. The van der Waals surface area contributed by atoms with Gasteiger partial charge < -0.3 is 14.2 Å². The largest absolute Gasteiger partial charge is 0.466 e. The number of piperidine rings is 1. The summed E-state index contributed by atoms with van der Waals surface area (Å²) in [6.45, 7) is 3.62. The number of rotatable bonds is 5. The topological polar surface area (TPSA) is 77.1 Å². The molecule has 7 heteroatoms. The van der Waals surface area contributed by atoms with Crippen molar-refractivity contribution < 1.29 is 23.8 Å². The van der Waals surface area contributed by atoms with Crippen LogP contribution in [0.4, 0.5) is 0 Å². The summed E-state index contributed by atoms with van der Waals surface area (Å²) in [6, 6.07) is 5.48. The predicted octanol–water partition coefficient (Wildman–Crippen LogP) is 1.26. The van der Waals surface area contributed by atoms with E-state index in [2.05, 4.69) is 5.43 Å². The van der Waals surface area contributed by atoms with Crippen molar-refractivity contribution >= 4 is 11.9 Å². The molecule has 2 aliphatic rings. The lowest BCUT2D eigenvalue weighted by Gasteiger charge is -2.31. The average Bonchev–Trinajstić information content (AvgIpc) is 3.03. The lowest BCUT2D eigenvalue weighted by atomic mass is 9.99. The zero-order valence-corrected chi connectivity index (χ0v) is 13.7. The number of carbonyl (C=O) groups is 2. The molecule has 0 saturated carbocycles. The van der Waals surface area contributed by atoms with Crippen LogP contribution in [-0.2, 0) is 20.7 Å². The fraction of sp³-hybridized carbons (Fsp3) is 0.529. The highest BCUT2D eigenvalue weighted by molar-refractivity contribution is 5.78. The highest BCUT2D eigenvalue weighted by Gasteiger charge is 2.27. The minimum Gasteiger partial charge on any atom is -0.466 e. The molecular formula is C17H22N2O5. The Bertz CT molecular complexity index is 619. The van der Waals surface area contributed by atoms with Gasteiger partial charge in [-0.25, -0.2) is 5.01 Å². The standard InChI is InChI=1S/C17H22N2O5/c1-2-22-17(21)13-4-3-7-19(10-13)18-16(20)9-12-5-6-14-15(8-12)24-11-23-14/h5-6,8,13H,2-4,7,9-11H2,1H3,(H,18,20)/t13-/m1/s1. The number of hydrazine groups is 1. The molecule has 1 aromatic carbocycles. The van der Waals surface area contributed by atoms with Crippen LogP contribution >= 0.6 is 0 Å². The van der Waals surface area contributed by atoms with E-state index >= 15 is 0 Å². The van der Waals surface area contributed by atoms with Gasteiger partial charge in [0.1, 0.15) is 0 Å². The molecule has 1 amide bonds. The molecule has 0 aromatic heterocycles. The van der Waals surface area contributed by atoms with Crippen LogP contribution in [0.2, 0.25) is 0 Å². The Morgan fingerprint density at radius 1 is 1.33 bits per heavy atom. The Morgan fingerprint density at radius 2 is 2.17 bits per heavy atom. The van der Waals surface area contributed by atoms with Crippen molar-refractivity contribution in [3.63, 3.8) is 0 Å². The van der Waals surface area contributed by atoms with Crippen LogP contribution < -0.4 is 14.9 Å². The Morgan fingerprint density at radius 3 is 3.00 bits per heavy atom. The molecule has 130 valence electrons. The summed E-state index contributed by atoms with van der Waals surface area (Å²) >= 11 is 0. The summed E-state index contributed by atoms with van der Waals surface area (Å²) in [6.07, 6.45) is 1.90. The van der Waals surface area contributed by atoms with Crippen molar-refractivity contribution in [1.29, 1.82) is 0 Å². The highest BCUT2D eigenvalue weighted by atomic mass is 16.7. The van der Waals surface area contributed by atoms with Crippen molar-refractivity contribution in [3.05, 3.63) is 23.8 Å². The first kappa shape index (κ1) is 16.6. The van der Waals surface area contributed by atoms with E-state index in [9.17, 15) is 9.59 Å². The van der Waals surface area contributed by atoms with Crippen LogP contribution in [0.25, 0.3) is 0 Å². The van der Waals surface area contributed by atoms with E-state index in [-0.39, 0.29) is 31.0 Å². The van der Waals surface area contributed by atoms with E-state index in [0.717, 1.165) is 24.9 Å². The molecule has 7 nitrogen and oxygen atoms in total. The van der Waals surface area contributed by atoms with E-state index in [1.807, 2.05) is 18.2 Å². The molecule has 0 bridgehead atoms. The number of hydrogen-bond acceptors (Lipinski definition) is 6. The smallest absolute Gasteiger partial charge is 0.310 e. The molecule has 2 heterocycles. The summed E-state index contributed by atoms with van der Waals surface area (Å²) in [7, 11) is 0. The number of ether oxygens (including phenoxy) is 3. The third kappa shape index (κ3) is 3.97. The summed E-state index contributed by atoms with van der Waals surface area (Å²) in [5.41, 5.74) is 3.73. The first-order valence-electron chi connectivity index (χ1n) is 8.25. The molecular weight excluding hydrogens is 312 g/mol. The number of nitrogens with zero attached hydrogens (tertiary/aromatic N) is 1. The van der Waals surface area contributed by atoms with Crippen LogP contribution in [-0.4, -0.2) is 43.4 Å². The molecule has 2 aliphatic heterocycles. The van der Waals surface area contributed by atoms with Gasteiger partial charge in [-0.2, -0.15) is 0 Å². The van der Waals surface area contributed by atoms with Crippen LogP contribution in [0.15, 0.2) is 18.2 Å². The SMILES string of the molecule is CCOC(=O)[C@@H]1CCCN(NC(=O)Cc2ccc3c(c2)OCO3)C1. The zero-order valence-electron chi connectivity index (χ0n) is 13.7. The fourth-order valence-electron chi connectivity index (χ4n) is 2.98. The maximum absolute atomic E-state index is 12.2. The average molecular weight is 334 g/mol. The first-order chi connectivity index (χ1) is 11.7. The van der Waals surface area contributed by atoms with E-state index in [0.29, 0.717) is 24.7 Å². The summed E-state index contributed by atoms with van der Waals surface area (Å²) in [5, 5.41) is 1.81. The second kappa shape index (κ2) is 7.53. The van der Waals surface area contributed by atoms with Crippen LogP contribution in [0, 0.1) is 5.92 Å². The molecule has 0 unspecified atom stereocenters. The number of amides is 1. The number of carbonyl (C=O) groups excluding carboxylic acids is 2. The molecule has 1 aromatic rings. The van der Waals surface area contributed by atoms with Gasteiger partial charge in [-0.1, -0.05) is 6.07 Å². The van der Waals surface area contributed by atoms with E-state index in [4.69, 9.17) is 14.2 Å². The molecule has 1 fully saturated rings. The van der Waals surface area contributed by atoms with Crippen LogP contribution in [0.5, 0.6) is 11.5 Å². The van der Waals surface area contributed by atoms with E-state index in [1.54, 1.807) is 11.9 Å². The van der Waals surface area contributed by atoms with Gasteiger partial charge in [0.25, 0.3) is 0 Å². The number of benzene rings is 1. The normalized spacial score (nSPS) is 19.8. The number of nitrogens with one attached hydrogen (secondary N) is 1. The number of esters is 1. The van der Waals surface area contributed by atoms with Crippen molar-refractivity contribution in [2.75, 3.05) is 26.5 Å². The minimum absolute atomic E-state index is 0.113. The van der Waals surface area contributed by atoms with Crippen molar-refractivity contribution in [3.8, 4) is 11.5 Å². The number of fused-ring (bicyclic) bond motifs is 1. The van der Waals surface area contributed by atoms with Crippen molar-refractivity contribution in [1.82, 2.24) is 10.4 Å². The summed E-state index contributed by atoms with van der Waals surface area (Å²) in [5.74, 6) is 0.892. The maximum atomic E-state index is 12.2. The second-order valence-corrected chi connectivity index (χ2v) is 5.94. The first-order valence-corrected chi connectivity index (χ1v) is 8.25. The zero-order chi connectivity index (χ0) is 16.9. The molecule has 1 N–H and O–H groups in total. The minimum atomic E-state index is -0.188. The molecule has 0 radical (unpaired) electrons. The Balaban J connectivity index is 1.52. The Labute approximate surface area is 140 Å². The lowest BCUT2D eigenvalue weighted by Crippen LogP contribution is -2.49. The van der Waals surface area contributed by atoms with Gasteiger partial charge in [-0.15, -0.1) is 0 Å². The van der Waals surface area contributed by atoms with E-state index < -0.39 is 0 Å². The highest BCUT2D eigenvalue weighted by Crippen LogP contribution is 2.32. The van der Waals surface area contributed by atoms with Gasteiger partial charge in [0, 0.05) is 13.1 Å². The quantitative estimate of drug-likeness (QED) is 0.817. The van der Waals surface area contributed by atoms with Gasteiger partial charge in [0.05, 0.1) is 18.9 Å². The molecule has 24 heavy (non-hydrogen) atoms. The van der Waals surface area contributed by atoms with E-state index in [1.165, 1.54) is 0 Å². The van der Waals surface area contributed by atoms with Gasteiger partial charge in [0.2, 0.25) is 12.7 Å². The molecule has 0 spiro atoms. The van der Waals surface area contributed by atoms with Gasteiger partial charge in [-0.3, -0.25) is 15.0 Å². The van der Waals surface area contributed by atoms with Crippen molar-refractivity contribution in [2.45, 2.75) is 26.2 Å². The molecule has 3 rings (SSSR count). The summed E-state index contributed by atoms with van der Waals surface area (Å²) < 4.78 is 15.6. The fourth-order valence-corrected chi connectivity index (χ4v) is 2.98. The molecule has 1 atom stereocenters. The van der Waals surface area contributed by atoms with Crippen LogP contribution in [0.1, 0.15) is 25.3 Å². The molecule has 1 saturated heterocycles. The summed E-state index contributed by atoms with van der Waals surface area (Å²) in [4.78, 5) is 24.1. The van der Waals surface area contributed by atoms with Gasteiger partial charge in [-0.05, 0) is 37.5 Å². The third-order valence-corrected chi connectivity index (χ3v) is 4.13. The lowest BCUT2D eigenvalue weighted by molar-refractivity contribution is -0.151. The van der Waals surface area contributed by atoms with Gasteiger partial charge in [0.15, 0.2) is 11.5 Å². The monoisotopic (exact) mass is 334 g/mol. The Kier molecular flexibility index (Phi) is 5.20. The van der Waals surface area contributed by atoms with Crippen molar-refractivity contribution in [2.24, 2.45) is 5.92 Å². The third-order valence-electron chi connectivity index (χ3n) is 4.13. The molecule has 0 aliphatic carbocycles. The number of hydrogen-bond donors (Lipinski definition) is 1. The van der Waals surface area contributed by atoms with Gasteiger partial charge >= 0.3 is 5.97 Å². The van der Waals surface area contributed by atoms with Crippen LogP contribution in [0.3, 0.4) is 0 Å². The predicted molar refractivity (Wildman–Crippen MR) is 85.3 cm³/mol. The maximum Gasteiger partial charge on any atom is 0.310 e.